The molecule has 0 saturated heterocycles. The van der Waals surface area contributed by atoms with E-state index in [4.69, 9.17) is 5.21 Å². The summed E-state index contributed by atoms with van der Waals surface area (Å²) in [6, 6.07) is 0. The van der Waals surface area contributed by atoms with Crippen molar-refractivity contribution < 1.29 is 5.21 Å². The molecule has 0 aliphatic heterocycles. The summed E-state index contributed by atoms with van der Waals surface area (Å²) >= 11 is 1.57. The molecular formula is C13H18N2OS. The zero-order valence-corrected chi connectivity index (χ0v) is 10.9. The van der Waals surface area contributed by atoms with Crippen molar-refractivity contribution >= 4 is 17.6 Å². The van der Waals surface area contributed by atoms with E-state index in [0.29, 0.717) is 0 Å². The van der Waals surface area contributed by atoms with Gasteiger partial charge in [0, 0.05) is 6.20 Å². The fourth-order valence-electron chi connectivity index (χ4n) is 1.53. The number of allylic oxidation sites excluding steroid dienone is 3. The molecule has 1 rings (SSSR count). The largest absolute Gasteiger partial charge is 0.411 e. The highest BCUT2D eigenvalue weighted by molar-refractivity contribution is 7.13. The average Bonchev–Trinajstić information content (AvgIpc) is 2.78. The van der Waals surface area contributed by atoms with Crippen molar-refractivity contribution in [2.24, 2.45) is 5.16 Å². The van der Waals surface area contributed by atoms with Crippen LogP contribution in [-0.4, -0.2) is 16.4 Å². The lowest BCUT2D eigenvalue weighted by molar-refractivity contribution is 0.322. The van der Waals surface area contributed by atoms with Crippen molar-refractivity contribution in [3.05, 3.63) is 40.4 Å². The van der Waals surface area contributed by atoms with Crippen molar-refractivity contribution in [3.63, 3.8) is 0 Å². The van der Waals surface area contributed by atoms with Gasteiger partial charge in [-0.1, -0.05) is 29.5 Å². The number of aromatic nitrogens is 1. The van der Waals surface area contributed by atoms with E-state index in [0.717, 1.165) is 35.6 Å². The second-order valence-electron chi connectivity index (χ2n) is 3.68. The summed E-state index contributed by atoms with van der Waals surface area (Å²) in [6.07, 6.45) is 11.5. The van der Waals surface area contributed by atoms with E-state index in [1.807, 2.05) is 13.0 Å². The van der Waals surface area contributed by atoms with Gasteiger partial charge >= 0.3 is 0 Å². The molecule has 0 bridgehead atoms. The van der Waals surface area contributed by atoms with Gasteiger partial charge in [-0.05, 0) is 32.6 Å². The number of nitrogens with zero attached hydrogens (tertiary/aromatic N) is 2. The van der Waals surface area contributed by atoms with Gasteiger partial charge in [-0.3, -0.25) is 0 Å². The molecule has 4 heteroatoms. The van der Waals surface area contributed by atoms with Crippen LogP contribution < -0.4 is 0 Å². The van der Waals surface area contributed by atoms with E-state index in [-0.39, 0.29) is 0 Å². The van der Waals surface area contributed by atoms with E-state index >= 15 is 0 Å². The first-order valence-corrected chi connectivity index (χ1v) is 6.51. The first-order valence-electron chi connectivity index (χ1n) is 5.70. The predicted molar refractivity (Wildman–Crippen MR) is 73.0 cm³/mol. The molecule has 0 atom stereocenters. The molecule has 0 aliphatic rings. The van der Waals surface area contributed by atoms with Crippen LogP contribution in [0.5, 0.6) is 0 Å². The third-order valence-electron chi connectivity index (χ3n) is 2.50. The first kappa shape index (κ1) is 13.6. The van der Waals surface area contributed by atoms with Gasteiger partial charge in [-0.15, -0.1) is 11.3 Å². The van der Waals surface area contributed by atoms with Crippen LogP contribution in [0, 0.1) is 0 Å². The second-order valence-corrected chi connectivity index (χ2v) is 4.82. The molecule has 0 spiro atoms. The maximum absolute atomic E-state index is 8.39. The van der Waals surface area contributed by atoms with Crippen molar-refractivity contribution in [1.82, 2.24) is 4.98 Å². The third kappa shape index (κ3) is 4.95. The number of rotatable bonds is 7. The number of unbranched alkanes of at least 4 members (excludes halogenated alkanes) is 1. The highest BCUT2D eigenvalue weighted by atomic mass is 32.1. The molecule has 0 aliphatic carbocycles. The van der Waals surface area contributed by atoms with Crippen molar-refractivity contribution in [3.8, 4) is 0 Å². The Labute approximate surface area is 106 Å². The molecule has 0 amide bonds. The maximum atomic E-state index is 8.39. The summed E-state index contributed by atoms with van der Waals surface area (Å²) in [4.78, 5) is 5.16. The lowest BCUT2D eigenvalue weighted by atomic mass is 10.1. The summed E-state index contributed by atoms with van der Waals surface area (Å²) in [7, 11) is 0. The van der Waals surface area contributed by atoms with Gasteiger partial charge in [0.25, 0.3) is 0 Å². The van der Waals surface area contributed by atoms with Gasteiger partial charge in [-0.2, -0.15) is 0 Å². The molecule has 17 heavy (non-hydrogen) atoms. The normalized spacial score (nSPS) is 12.2. The Morgan fingerprint density at radius 1 is 1.59 bits per heavy atom. The summed E-state index contributed by atoms with van der Waals surface area (Å²) in [5.74, 6) is 0. The first-order chi connectivity index (χ1) is 8.30. The van der Waals surface area contributed by atoms with Gasteiger partial charge in [0.1, 0.15) is 0 Å². The molecular weight excluding hydrogens is 232 g/mol. The second kappa shape index (κ2) is 7.79. The van der Waals surface area contributed by atoms with Crippen molar-refractivity contribution in [2.45, 2.75) is 32.6 Å². The van der Waals surface area contributed by atoms with E-state index < -0.39 is 0 Å². The molecule has 1 N–H and O–H groups in total. The Morgan fingerprint density at radius 3 is 3.06 bits per heavy atom. The maximum Gasteiger partial charge on any atom is 0.0931 e. The molecule has 0 saturated carbocycles. The predicted octanol–water partition coefficient (Wildman–Crippen LogP) is 3.80. The molecule has 1 heterocycles. The molecule has 0 radical (unpaired) electrons. The van der Waals surface area contributed by atoms with Gasteiger partial charge in [-0.25, -0.2) is 4.98 Å². The van der Waals surface area contributed by atoms with E-state index in [2.05, 4.69) is 22.8 Å². The van der Waals surface area contributed by atoms with Crippen LogP contribution in [0.2, 0.25) is 0 Å². The fraction of sp³-hybridized carbons (Fsp3) is 0.385. The molecule has 0 fully saturated rings. The topological polar surface area (TPSA) is 45.5 Å². The summed E-state index contributed by atoms with van der Waals surface area (Å²) in [6.45, 7) is 5.82. The SMILES string of the molecule is C=C/C(=C\C)CCCCc1ncc(/C=N/O)s1. The average molecular weight is 250 g/mol. The number of hydrogen-bond acceptors (Lipinski definition) is 4. The van der Waals surface area contributed by atoms with Crippen molar-refractivity contribution in [2.75, 3.05) is 0 Å². The van der Waals surface area contributed by atoms with Crippen LogP contribution in [0.25, 0.3) is 0 Å². The van der Waals surface area contributed by atoms with Crippen LogP contribution >= 0.6 is 11.3 Å². The zero-order valence-electron chi connectivity index (χ0n) is 10.1. The highest BCUT2D eigenvalue weighted by Crippen LogP contribution is 2.15. The standard InChI is InChI=1S/C13H18N2OS/c1-3-11(4-2)7-5-6-8-13-14-9-12(17-13)10-15-16/h3-4,9-10,16H,1,5-8H2,2H3/b11-4+,15-10+. The number of aryl methyl sites for hydroxylation is 1. The van der Waals surface area contributed by atoms with Crippen LogP contribution in [0.1, 0.15) is 36.1 Å². The Morgan fingerprint density at radius 2 is 2.41 bits per heavy atom. The molecule has 1 aromatic heterocycles. The molecule has 3 nitrogen and oxygen atoms in total. The van der Waals surface area contributed by atoms with Gasteiger partial charge in [0.05, 0.1) is 16.1 Å². The number of thiazole rings is 1. The molecule has 0 unspecified atom stereocenters. The van der Waals surface area contributed by atoms with E-state index in [9.17, 15) is 0 Å². The minimum Gasteiger partial charge on any atom is -0.411 e. The van der Waals surface area contributed by atoms with Crippen LogP contribution in [0.15, 0.2) is 35.7 Å². The number of hydrogen-bond donors (Lipinski definition) is 1. The Hall–Kier alpha value is -1.42. The Kier molecular flexibility index (Phi) is 6.25. The Balaban J connectivity index is 2.28. The van der Waals surface area contributed by atoms with Gasteiger partial charge < -0.3 is 5.21 Å². The Bertz CT molecular complexity index is 407. The van der Waals surface area contributed by atoms with Crippen molar-refractivity contribution in [1.29, 1.82) is 0 Å². The van der Waals surface area contributed by atoms with Crippen LogP contribution in [0.4, 0.5) is 0 Å². The monoisotopic (exact) mass is 250 g/mol. The lowest BCUT2D eigenvalue weighted by Crippen LogP contribution is -1.85. The van der Waals surface area contributed by atoms with Gasteiger partial charge in [0.15, 0.2) is 0 Å². The minimum atomic E-state index is 0.891. The van der Waals surface area contributed by atoms with Crippen LogP contribution in [0.3, 0.4) is 0 Å². The quantitative estimate of drug-likeness (QED) is 0.263. The third-order valence-corrected chi connectivity index (χ3v) is 3.49. The fourth-order valence-corrected chi connectivity index (χ4v) is 2.36. The smallest absolute Gasteiger partial charge is 0.0931 e. The summed E-state index contributed by atoms with van der Waals surface area (Å²) in [5.41, 5.74) is 1.30. The minimum absolute atomic E-state index is 0.891. The highest BCUT2D eigenvalue weighted by Gasteiger charge is 2.00. The van der Waals surface area contributed by atoms with E-state index in [1.54, 1.807) is 17.5 Å². The zero-order chi connectivity index (χ0) is 12.5. The lowest BCUT2D eigenvalue weighted by Gasteiger charge is -2.00. The van der Waals surface area contributed by atoms with E-state index in [1.165, 1.54) is 11.8 Å². The summed E-state index contributed by atoms with van der Waals surface area (Å²) in [5, 5.41) is 12.5. The molecule has 92 valence electrons. The molecule has 0 aromatic carbocycles. The van der Waals surface area contributed by atoms with Gasteiger partial charge in [0.2, 0.25) is 0 Å². The number of oxime groups is 1. The summed E-state index contributed by atoms with van der Waals surface area (Å²) < 4.78 is 0. The van der Waals surface area contributed by atoms with Crippen LogP contribution in [-0.2, 0) is 6.42 Å². The molecule has 1 aromatic rings.